The first kappa shape index (κ1) is 10.3. The van der Waals surface area contributed by atoms with Crippen LogP contribution in [0.4, 0.5) is 0 Å². The van der Waals surface area contributed by atoms with Crippen molar-refractivity contribution < 1.29 is 4.42 Å². The third-order valence-electron chi connectivity index (χ3n) is 3.36. The van der Waals surface area contributed by atoms with Crippen LogP contribution < -0.4 is 5.63 Å². The van der Waals surface area contributed by atoms with E-state index in [9.17, 15) is 4.79 Å². The molecule has 0 radical (unpaired) electrons. The predicted molar refractivity (Wildman–Crippen MR) is 75.3 cm³/mol. The number of hydrogen-bond acceptors (Lipinski definition) is 3. The van der Waals surface area contributed by atoms with Crippen molar-refractivity contribution in [1.29, 1.82) is 0 Å². The van der Waals surface area contributed by atoms with Crippen LogP contribution in [0.1, 0.15) is 0 Å². The van der Waals surface area contributed by atoms with Gasteiger partial charge in [-0.15, -0.1) is 0 Å². The van der Waals surface area contributed by atoms with Gasteiger partial charge in [0.15, 0.2) is 5.58 Å². The molecule has 3 heteroatoms. The maximum absolute atomic E-state index is 12.2. The summed E-state index contributed by atoms with van der Waals surface area (Å²) >= 11 is 0. The fraction of sp³-hybridized carbons (Fsp3) is 0. The lowest BCUT2D eigenvalue weighted by molar-refractivity contribution is 0.569. The normalized spacial score (nSPS) is 11.4. The smallest absolute Gasteiger partial charge is 0.344 e. The molecular formula is C16H9NO2. The molecule has 0 saturated heterocycles. The van der Waals surface area contributed by atoms with Crippen molar-refractivity contribution in [3.05, 3.63) is 65.1 Å². The molecule has 2 heterocycles. The van der Waals surface area contributed by atoms with E-state index in [2.05, 4.69) is 4.98 Å². The lowest BCUT2D eigenvalue weighted by Gasteiger charge is -2.04. The number of pyridine rings is 1. The van der Waals surface area contributed by atoms with Crippen LogP contribution in [0.2, 0.25) is 0 Å². The lowest BCUT2D eigenvalue weighted by Crippen LogP contribution is -2.01. The monoisotopic (exact) mass is 247 g/mol. The van der Waals surface area contributed by atoms with Gasteiger partial charge in [0.05, 0.1) is 5.39 Å². The standard InChI is InChI=1S/C16H9NO2/c18-16-14-11-5-2-1-4-10(11)7-8-12(14)15-13(19-16)6-3-9-17-15/h1-9H. The summed E-state index contributed by atoms with van der Waals surface area (Å²) in [7, 11) is 0. The molecule has 4 rings (SSSR count). The van der Waals surface area contributed by atoms with Gasteiger partial charge >= 0.3 is 5.63 Å². The largest absolute Gasteiger partial charge is 0.421 e. The summed E-state index contributed by atoms with van der Waals surface area (Å²) in [5, 5.41) is 3.37. The Labute approximate surface area is 108 Å². The average molecular weight is 247 g/mol. The summed E-state index contributed by atoms with van der Waals surface area (Å²) < 4.78 is 5.36. The molecule has 3 nitrogen and oxygen atoms in total. The quantitative estimate of drug-likeness (QED) is 0.447. The molecule has 2 aromatic carbocycles. The summed E-state index contributed by atoms with van der Waals surface area (Å²) in [4.78, 5) is 16.5. The van der Waals surface area contributed by atoms with Crippen LogP contribution >= 0.6 is 0 Å². The van der Waals surface area contributed by atoms with Gasteiger partial charge in [-0.2, -0.15) is 0 Å². The highest BCUT2D eigenvalue weighted by Gasteiger charge is 2.10. The van der Waals surface area contributed by atoms with Gasteiger partial charge in [0.1, 0.15) is 5.52 Å². The highest BCUT2D eigenvalue weighted by Crippen LogP contribution is 2.27. The topological polar surface area (TPSA) is 43.1 Å². The molecule has 0 saturated carbocycles. The molecule has 19 heavy (non-hydrogen) atoms. The fourth-order valence-electron chi connectivity index (χ4n) is 2.51. The van der Waals surface area contributed by atoms with E-state index in [1.807, 2.05) is 36.4 Å². The second-order valence-corrected chi connectivity index (χ2v) is 4.45. The zero-order valence-electron chi connectivity index (χ0n) is 9.96. The summed E-state index contributed by atoms with van der Waals surface area (Å²) in [5.41, 5.74) is 0.936. The van der Waals surface area contributed by atoms with Gasteiger partial charge < -0.3 is 4.42 Å². The van der Waals surface area contributed by atoms with Crippen molar-refractivity contribution in [1.82, 2.24) is 4.98 Å². The Bertz CT molecular complexity index is 986. The van der Waals surface area contributed by atoms with E-state index in [1.54, 1.807) is 18.3 Å². The van der Waals surface area contributed by atoms with Crippen LogP contribution in [0.5, 0.6) is 0 Å². The summed E-state index contributed by atoms with van der Waals surface area (Å²) in [5.74, 6) is 0. The van der Waals surface area contributed by atoms with Gasteiger partial charge in [0, 0.05) is 11.6 Å². The van der Waals surface area contributed by atoms with Gasteiger partial charge in [0.25, 0.3) is 0 Å². The molecule has 0 amide bonds. The third kappa shape index (κ3) is 1.38. The summed E-state index contributed by atoms with van der Waals surface area (Å²) in [6, 6.07) is 15.3. The van der Waals surface area contributed by atoms with Crippen LogP contribution in [0, 0.1) is 0 Å². The van der Waals surface area contributed by atoms with Crippen molar-refractivity contribution in [2.45, 2.75) is 0 Å². The van der Waals surface area contributed by atoms with Crippen molar-refractivity contribution >= 4 is 32.6 Å². The second kappa shape index (κ2) is 3.65. The van der Waals surface area contributed by atoms with Crippen LogP contribution in [0.3, 0.4) is 0 Å². The van der Waals surface area contributed by atoms with E-state index in [0.717, 1.165) is 21.7 Å². The first-order valence-corrected chi connectivity index (χ1v) is 6.04. The van der Waals surface area contributed by atoms with Crippen molar-refractivity contribution in [2.24, 2.45) is 0 Å². The van der Waals surface area contributed by atoms with E-state index in [4.69, 9.17) is 4.42 Å². The molecule has 90 valence electrons. The predicted octanol–water partition coefficient (Wildman–Crippen LogP) is 3.49. The van der Waals surface area contributed by atoms with Gasteiger partial charge in [0.2, 0.25) is 0 Å². The van der Waals surface area contributed by atoms with Crippen molar-refractivity contribution in [2.75, 3.05) is 0 Å². The molecule has 4 aromatic rings. The molecule has 0 aliphatic rings. The molecule has 2 aromatic heterocycles. The molecule has 0 atom stereocenters. The van der Waals surface area contributed by atoms with Crippen LogP contribution in [0.15, 0.2) is 63.9 Å². The van der Waals surface area contributed by atoms with E-state index in [1.165, 1.54) is 0 Å². The Kier molecular flexibility index (Phi) is 1.97. The van der Waals surface area contributed by atoms with Crippen LogP contribution in [-0.4, -0.2) is 4.98 Å². The lowest BCUT2D eigenvalue weighted by atomic mass is 10.0. The first-order chi connectivity index (χ1) is 9.34. The Balaban J connectivity index is 2.39. The Hall–Kier alpha value is -2.68. The zero-order valence-corrected chi connectivity index (χ0v) is 9.96. The minimum Gasteiger partial charge on any atom is -0.421 e. The molecule has 0 spiro atoms. The maximum atomic E-state index is 12.2. The zero-order chi connectivity index (χ0) is 12.8. The molecule has 0 bridgehead atoms. The summed E-state index contributed by atoms with van der Waals surface area (Å²) in [6.07, 6.45) is 1.71. The van der Waals surface area contributed by atoms with E-state index in [0.29, 0.717) is 11.0 Å². The van der Waals surface area contributed by atoms with Gasteiger partial charge in [-0.3, -0.25) is 4.98 Å². The van der Waals surface area contributed by atoms with Gasteiger partial charge in [-0.25, -0.2) is 4.79 Å². The average Bonchev–Trinajstić information content (AvgIpc) is 2.46. The van der Waals surface area contributed by atoms with Crippen LogP contribution in [-0.2, 0) is 0 Å². The van der Waals surface area contributed by atoms with Crippen molar-refractivity contribution in [3.63, 3.8) is 0 Å². The third-order valence-corrected chi connectivity index (χ3v) is 3.36. The SMILES string of the molecule is O=c1oc2cccnc2c2ccc3ccccc3c12. The first-order valence-electron chi connectivity index (χ1n) is 6.04. The molecule has 0 aliphatic carbocycles. The molecule has 0 unspecified atom stereocenters. The van der Waals surface area contributed by atoms with E-state index < -0.39 is 0 Å². The fourth-order valence-corrected chi connectivity index (χ4v) is 2.51. The molecule has 0 N–H and O–H groups in total. The number of benzene rings is 2. The van der Waals surface area contributed by atoms with Crippen LogP contribution in [0.25, 0.3) is 32.6 Å². The number of fused-ring (bicyclic) bond motifs is 5. The van der Waals surface area contributed by atoms with E-state index in [-0.39, 0.29) is 5.63 Å². The van der Waals surface area contributed by atoms with Gasteiger partial charge in [-0.1, -0.05) is 36.4 Å². The number of rotatable bonds is 0. The molecular weight excluding hydrogens is 238 g/mol. The minimum absolute atomic E-state index is 0.313. The van der Waals surface area contributed by atoms with Gasteiger partial charge in [-0.05, 0) is 22.9 Å². The second-order valence-electron chi connectivity index (χ2n) is 4.45. The maximum Gasteiger partial charge on any atom is 0.344 e. The number of hydrogen-bond donors (Lipinski definition) is 0. The molecule has 0 aliphatic heterocycles. The van der Waals surface area contributed by atoms with E-state index >= 15 is 0 Å². The minimum atomic E-state index is -0.313. The Morgan fingerprint density at radius 1 is 0.895 bits per heavy atom. The Morgan fingerprint density at radius 3 is 2.74 bits per heavy atom. The number of nitrogens with zero attached hydrogens (tertiary/aromatic N) is 1. The number of aromatic nitrogens is 1. The Morgan fingerprint density at radius 2 is 1.79 bits per heavy atom. The summed E-state index contributed by atoms with van der Waals surface area (Å²) in [6.45, 7) is 0. The van der Waals surface area contributed by atoms with Crippen molar-refractivity contribution in [3.8, 4) is 0 Å². The highest BCUT2D eigenvalue weighted by atomic mass is 16.4. The highest BCUT2D eigenvalue weighted by molar-refractivity contribution is 6.13. The molecule has 0 fully saturated rings.